The van der Waals surface area contributed by atoms with E-state index in [0.29, 0.717) is 16.6 Å². The maximum Gasteiger partial charge on any atom is 0.364 e. The summed E-state index contributed by atoms with van der Waals surface area (Å²) in [5, 5.41) is 21.1. The molecular formula is C19H18N4O4. The van der Waals surface area contributed by atoms with E-state index >= 15 is 0 Å². The fraction of sp³-hybridized carbons (Fsp3) is 0.158. The number of para-hydroxylation sites is 2. The molecule has 0 fully saturated rings. The van der Waals surface area contributed by atoms with Gasteiger partial charge in [0.1, 0.15) is 6.54 Å². The van der Waals surface area contributed by atoms with Crippen molar-refractivity contribution in [3.8, 4) is 5.88 Å². The molecule has 0 bridgehead atoms. The summed E-state index contributed by atoms with van der Waals surface area (Å²) in [5.74, 6) is -0.751. The van der Waals surface area contributed by atoms with Crippen molar-refractivity contribution in [2.75, 3.05) is 11.9 Å². The van der Waals surface area contributed by atoms with Gasteiger partial charge in [-0.05, 0) is 25.1 Å². The molecule has 8 nitrogen and oxygen atoms in total. The molecule has 27 heavy (non-hydrogen) atoms. The number of carbonyl (C=O) groups excluding carboxylic acids is 2. The lowest BCUT2D eigenvalue weighted by Gasteiger charge is -2.06. The van der Waals surface area contributed by atoms with Crippen molar-refractivity contribution in [1.82, 2.24) is 4.57 Å². The first-order chi connectivity index (χ1) is 13.1. The number of carbonyl (C=O) groups is 2. The van der Waals surface area contributed by atoms with Crippen LogP contribution >= 0.6 is 0 Å². The Bertz CT molecular complexity index is 996. The number of hydrogen-bond acceptors (Lipinski definition) is 5. The second kappa shape index (κ2) is 8.13. The first-order valence-corrected chi connectivity index (χ1v) is 8.33. The summed E-state index contributed by atoms with van der Waals surface area (Å²) in [6.45, 7) is 1.77. The number of benzene rings is 2. The van der Waals surface area contributed by atoms with Gasteiger partial charge >= 0.3 is 12.0 Å². The largest absolute Gasteiger partial charge is 0.493 e. The Labute approximate surface area is 155 Å². The van der Waals surface area contributed by atoms with Crippen LogP contribution in [-0.2, 0) is 16.1 Å². The van der Waals surface area contributed by atoms with E-state index in [1.165, 1.54) is 4.57 Å². The molecule has 138 valence electrons. The number of fused-ring (bicyclic) bond motifs is 1. The summed E-state index contributed by atoms with van der Waals surface area (Å²) in [5.41, 5.74) is 1.27. The number of anilines is 1. The average Bonchev–Trinajstić information content (AvgIpc) is 2.93. The minimum atomic E-state index is -0.678. The summed E-state index contributed by atoms with van der Waals surface area (Å²) in [7, 11) is 0. The van der Waals surface area contributed by atoms with Gasteiger partial charge in [0.05, 0.1) is 12.1 Å². The molecule has 2 N–H and O–H groups in total. The Morgan fingerprint density at radius 2 is 1.81 bits per heavy atom. The molecular weight excluding hydrogens is 348 g/mol. The first-order valence-electron chi connectivity index (χ1n) is 8.33. The van der Waals surface area contributed by atoms with E-state index < -0.39 is 12.0 Å². The SMILES string of the molecule is CCOC(=O)Cn1c(O)c(N=NC(=O)Nc2ccccc2)c2ccccc21. The van der Waals surface area contributed by atoms with Crippen LogP contribution in [0, 0.1) is 0 Å². The van der Waals surface area contributed by atoms with Crippen LogP contribution < -0.4 is 5.32 Å². The van der Waals surface area contributed by atoms with Crippen molar-refractivity contribution >= 4 is 34.3 Å². The fourth-order valence-corrected chi connectivity index (χ4v) is 2.63. The molecule has 0 saturated heterocycles. The van der Waals surface area contributed by atoms with E-state index in [1.807, 2.05) is 6.07 Å². The van der Waals surface area contributed by atoms with Crippen molar-refractivity contribution in [2.24, 2.45) is 10.2 Å². The number of ether oxygens (including phenoxy) is 1. The van der Waals surface area contributed by atoms with E-state index in [0.717, 1.165) is 0 Å². The van der Waals surface area contributed by atoms with Crippen LogP contribution in [0.2, 0.25) is 0 Å². The number of azo groups is 1. The highest BCUT2D eigenvalue weighted by molar-refractivity contribution is 5.96. The van der Waals surface area contributed by atoms with Crippen LogP contribution in [0.4, 0.5) is 16.2 Å². The third kappa shape index (κ3) is 4.12. The summed E-state index contributed by atoms with van der Waals surface area (Å²) in [4.78, 5) is 23.8. The molecule has 2 aromatic carbocycles. The number of aromatic hydroxyl groups is 1. The van der Waals surface area contributed by atoms with Crippen LogP contribution in [0.15, 0.2) is 64.8 Å². The number of esters is 1. The second-order valence-electron chi connectivity index (χ2n) is 5.58. The molecule has 2 amide bonds. The molecule has 3 aromatic rings. The van der Waals surface area contributed by atoms with Crippen molar-refractivity contribution in [1.29, 1.82) is 0 Å². The molecule has 0 aliphatic rings. The van der Waals surface area contributed by atoms with Gasteiger partial charge in [-0.15, -0.1) is 5.11 Å². The van der Waals surface area contributed by atoms with Crippen LogP contribution in [-0.4, -0.2) is 28.3 Å². The highest BCUT2D eigenvalue weighted by Gasteiger charge is 2.19. The fourth-order valence-electron chi connectivity index (χ4n) is 2.63. The molecule has 1 heterocycles. The smallest absolute Gasteiger partial charge is 0.364 e. The van der Waals surface area contributed by atoms with Gasteiger partial charge in [-0.2, -0.15) is 0 Å². The highest BCUT2D eigenvalue weighted by Crippen LogP contribution is 2.38. The maximum absolute atomic E-state index is 12.0. The van der Waals surface area contributed by atoms with Gasteiger partial charge in [0, 0.05) is 11.1 Å². The van der Waals surface area contributed by atoms with Crippen molar-refractivity contribution < 1.29 is 19.4 Å². The molecule has 0 spiro atoms. The lowest BCUT2D eigenvalue weighted by Crippen LogP contribution is -2.12. The number of hydrogen-bond donors (Lipinski definition) is 2. The van der Waals surface area contributed by atoms with Gasteiger partial charge < -0.3 is 15.2 Å². The number of urea groups is 1. The van der Waals surface area contributed by atoms with Crippen LogP contribution in [0.5, 0.6) is 5.88 Å². The molecule has 0 aliphatic heterocycles. The zero-order chi connectivity index (χ0) is 19.2. The minimum Gasteiger partial charge on any atom is -0.493 e. The predicted molar refractivity (Wildman–Crippen MR) is 100 cm³/mol. The Hall–Kier alpha value is -3.68. The van der Waals surface area contributed by atoms with Crippen molar-refractivity contribution in [3.05, 3.63) is 54.6 Å². The summed E-state index contributed by atoms with van der Waals surface area (Å²) < 4.78 is 6.31. The normalized spacial score (nSPS) is 11.0. The Morgan fingerprint density at radius 3 is 2.56 bits per heavy atom. The first kappa shape index (κ1) is 18.1. The highest BCUT2D eigenvalue weighted by atomic mass is 16.5. The Balaban J connectivity index is 1.89. The van der Waals surface area contributed by atoms with Crippen LogP contribution in [0.1, 0.15) is 6.92 Å². The third-order valence-electron chi connectivity index (χ3n) is 3.78. The molecule has 0 atom stereocenters. The predicted octanol–water partition coefficient (Wildman–Crippen LogP) is 4.23. The number of amides is 2. The Morgan fingerprint density at radius 1 is 1.11 bits per heavy atom. The number of rotatable bonds is 5. The maximum atomic E-state index is 12.0. The summed E-state index contributed by atoms with van der Waals surface area (Å²) in [6.07, 6.45) is 0. The van der Waals surface area contributed by atoms with Gasteiger partial charge in [0.25, 0.3) is 0 Å². The Kier molecular flexibility index (Phi) is 5.46. The number of nitrogens with one attached hydrogen (secondary N) is 1. The van der Waals surface area contributed by atoms with Gasteiger partial charge in [-0.3, -0.25) is 9.36 Å². The monoisotopic (exact) mass is 366 g/mol. The number of nitrogens with zero attached hydrogens (tertiary/aromatic N) is 3. The molecule has 0 radical (unpaired) electrons. The second-order valence-corrected chi connectivity index (χ2v) is 5.58. The van der Waals surface area contributed by atoms with E-state index in [-0.39, 0.29) is 24.7 Å². The molecule has 1 aromatic heterocycles. The molecule has 0 aliphatic carbocycles. The van der Waals surface area contributed by atoms with Gasteiger partial charge in [0.2, 0.25) is 5.88 Å². The van der Waals surface area contributed by atoms with Gasteiger partial charge in [-0.1, -0.05) is 41.5 Å². The topological polar surface area (TPSA) is 105 Å². The average molecular weight is 366 g/mol. The number of aromatic nitrogens is 1. The third-order valence-corrected chi connectivity index (χ3v) is 3.78. The molecule has 0 unspecified atom stereocenters. The van der Waals surface area contributed by atoms with Gasteiger partial charge in [0.15, 0.2) is 5.69 Å². The summed E-state index contributed by atoms with van der Waals surface area (Å²) in [6, 6.07) is 15.1. The minimum absolute atomic E-state index is 0.109. The zero-order valence-corrected chi connectivity index (χ0v) is 14.6. The van der Waals surface area contributed by atoms with Gasteiger partial charge in [-0.25, -0.2) is 4.79 Å². The quantitative estimate of drug-likeness (QED) is 0.521. The zero-order valence-electron chi connectivity index (χ0n) is 14.6. The molecule has 8 heteroatoms. The molecule has 0 saturated carbocycles. The van der Waals surface area contributed by atoms with Crippen LogP contribution in [0.25, 0.3) is 10.9 Å². The van der Waals surface area contributed by atoms with Crippen molar-refractivity contribution in [3.63, 3.8) is 0 Å². The van der Waals surface area contributed by atoms with E-state index in [4.69, 9.17) is 4.74 Å². The lowest BCUT2D eigenvalue weighted by atomic mass is 10.2. The van der Waals surface area contributed by atoms with Crippen molar-refractivity contribution in [2.45, 2.75) is 13.5 Å². The standard InChI is InChI=1S/C19H18N4O4/c1-2-27-16(24)12-23-15-11-7-6-10-14(15)17(18(23)25)21-22-19(26)20-13-8-4-3-5-9-13/h3-11,25H,2,12H2,1H3,(H,20,26). The lowest BCUT2D eigenvalue weighted by molar-refractivity contribution is -0.143. The van der Waals surface area contributed by atoms with E-state index in [9.17, 15) is 14.7 Å². The molecule has 3 rings (SSSR count). The van der Waals surface area contributed by atoms with E-state index in [2.05, 4.69) is 15.5 Å². The van der Waals surface area contributed by atoms with E-state index in [1.54, 1.807) is 55.5 Å². The van der Waals surface area contributed by atoms with Crippen LogP contribution in [0.3, 0.4) is 0 Å². The summed E-state index contributed by atoms with van der Waals surface area (Å²) >= 11 is 0.